The maximum atomic E-state index is 5.18. The summed E-state index contributed by atoms with van der Waals surface area (Å²) in [5.74, 6) is 1.87. The van der Waals surface area contributed by atoms with Gasteiger partial charge in [-0.05, 0) is 83.2 Å². The zero-order valence-corrected chi connectivity index (χ0v) is 30.4. The molecule has 0 spiro atoms. The Kier molecular flexibility index (Phi) is 7.28. The molecule has 6 heteroatoms. The van der Waals surface area contributed by atoms with E-state index in [4.69, 9.17) is 15.0 Å². The predicted molar refractivity (Wildman–Crippen MR) is 229 cm³/mol. The van der Waals surface area contributed by atoms with Gasteiger partial charge in [0.2, 0.25) is 0 Å². The Balaban J connectivity index is 1.06. The Bertz CT molecular complexity index is 3110. The number of aromatic nitrogens is 4. The van der Waals surface area contributed by atoms with Gasteiger partial charge in [-0.25, -0.2) is 15.0 Å². The zero-order valence-electron chi connectivity index (χ0n) is 29.5. The number of fused-ring (bicyclic) bond motifs is 6. The van der Waals surface area contributed by atoms with Crippen LogP contribution in [0.3, 0.4) is 0 Å². The fourth-order valence-electron chi connectivity index (χ4n) is 7.93. The van der Waals surface area contributed by atoms with E-state index >= 15 is 0 Å². The maximum Gasteiger partial charge on any atom is 0.164 e. The second-order valence-corrected chi connectivity index (χ2v) is 14.6. The molecule has 0 saturated heterocycles. The number of nitrogens with zero attached hydrogens (tertiary/aromatic N) is 5. The molecule has 0 bridgehead atoms. The van der Waals surface area contributed by atoms with Crippen molar-refractivity contribution < 1.29 is 0 Å². The molecule has 0 amide bonds. The molecular formula is C49H31N5S. The maximum absolute atomic E-state index is 5.18. The minimum atomic E-state index is 0.615. The summed E-state index contributed by atoms with van der Waals surface area (Å²) in [6, 6.07) is 63.8. The third kappa shape index (κ3) is 5.26. The quantitative estimate of drug-likeness (QED) is 0.164. The molecule has 7 aromatic carbocycles. The van der Waals surface area contributed by atoms with Crippen LogP contribution in [0.5, 0.6) is 0 Å². The van der Waals surface area contributed by atoms with Crippen molar-refractivity contribution >= 4 is 65.8 Å². The highest BCUT2D eigenvalue weighted by atomic mass is 32.1. The molecule has 0 aliphatic carbocycles. The number of para-hydroxylation sites is 3. The molecule has 4 aromatic heterocycles. The molecule has 5 nitrogen and oxygen atoms in total. The van der Waals surface area contributed by atoms with Crippen LogP contribution in [0.2, 0.25) is 0 Å². The molecule has 0 unspecified atom stereocenters. The molecule has 0 aliphatic heterocycles. The number of benzene rings is 7. The first-order chi connectivity index (χ1) is 27.3. The molecule has 0 fully saturated rings. The van der Waals surface area contributed by atoms with Crippen LogP contribution < -0.4 is 4.90 Å². The summed E-state index contributed by atoms with van der Waals surface area (Å²) < 4.78 is 2.44. The molecular weight excluding hydrogens is 691 g/mol. The highest BCUT2D eigenvalue weighted by Gasteiger charge is 2.20. The molecule has 0 saturated carbocycles. The Labute approximate surface area is 321 Å². The summed E-state index contributed by atoms with van der Waals surface area (Å²) in [5, 5.41) is 7.31. The fourth-order valence-corrected chi connectivity index (χ4v) is 8.87. The summed E-state index contributed by atoms with van der Waals surface area (Å²) in [5.41, 5.74) is 10.7. The van der Waals surface area contributed by atoms with Crippen LogP contribution in [0.4, 0.5) is 17.1 Å². The standard InChI is InChI=1S/C49H31N5S/c1-4-14-32(15-5-1)46-50-47(52-48(51-46)35-18-13-23-39(29-35)53(37-19-6-2-7-20-37)38-21-8-3-9-22-38)34-17-12-16-33(28-34)36-30-42-40-24-10-11-25-44(40)54-45(42)43(31-36)41-26-27-55-49(41)54/h1-31H. The van der Waals surface area contributed by atoms with Gasteiger partial charge in [-0.3, -0.25) is 4.40 Å². The Morgan fingerprint density at radius 1 is 0.382 bits per heavy atom. The lowest BCUT2D eigenvalue weighted by atomic mass is 9.98. The Morgan fingerprint density at radius 2 is 0.909 bits per heavy atom. The predicted octanol–water partition coefficient (Wildman–Crippen LogP) is 13.2. The number of thiophene rings is 1. The van der Waals surface area contributed by atoms with E-state index in [-0.39, 0.29) is 0 Å². The second kappa shape index (κ2) is 12.8. The third-order valence-electron chi connectivity index (χ3n) is 10.4. The van der Waals surface area contributed by atoms with Crippen molar-refractivity contribution in [1.82, 2.24) is 19.4 Å². The van der Waals surface area contributed by atoms with Crippen molar-refractivity contribution in [1.29, 1.82) is 0 Å². The van der Waals surface area contributed by atoms with Gasteiger partial charge in [-0.2, -0.15) is 0 Å². The van der Waals surface area contributed by atoms with Crippen LogP contribution in [-0.4, -0.2) is 19.4 Å². The Hall–Kier alpha value is -7.15. The molecule has 11 rings (SSSR count). The van der Waals surface area contributed by atoms with E-state index in [1.807, 2.05) is 30.3 Å². The van der Waals surface area contributed by atoms with Crippen molar-refractivity contribution in [3.05, 3.63) is 187 Å². The van der Waals surface area contributed by atoms with Gasteiger partial charge in [0.15, 0.2) is 17.5 Å². The fraction of sp³-hybridized carbons (Fsp3) is 0. The van der Waals surface area contributed by atoms with E-state index in [2.05, 4.69) is 166 Å². The van der Waals surface area contributed by atoms with Gasteiger partial charge in [-0.1, -0.05) is 115 Å². The molecule has 11 aromatic rings. The van der Waals surface area contributed by atoms with E-state index in [9.17, 15) is 0 Å². The van der Waals surface area contributed by atoms with Gasteiger partial charge in [0.1, 0.15) is 4.83 Å². The van der Waals surface area contributed by atoms with Crippen LogP contribution in [0.15, 0.2) is 187 Å². The molecule has 55 heavy (non-hydrogen) atoms. The minimum absolute atomic E-state index is 0.615. The summed E-state index contributed by atoms with van der Waals surface area (Å²) in [4.78, 5) is 18.9. The average Bonchev–Trinajstić information content (AvgIpc) is 3.96. The monoisotopic (exact) mass is 721 g/mol. The lowest BCUT2D eigenvalue weighted by Crippen LogP contribution is -2.10. The second-order valence-electron chi connectivity index (χ2n) is 13.7. The lowest BCUT2D eigenvalue weighted by molar-refractivity contribution is 1.07. The van der Waals surface area contributed by atoms with Gasteiger partial charge in [0, 0.05) is 55.3 Å². The minimum Gasteiger partial charge on any atom is -0.310 e. The molecule has 258 valence electrons. The van der Waals surface area contributed by atoms with E-state index in [0.29, 0.717) is 17.5 Å². The van der Waals surface area contributed by atoms with Gasteiger partial charge in [0.05, 0.1) is 11.0 Å². The number of hydrogen-bond donors (Lipinski definition) is 0. The first-order valence-corrected chi connectivity index (χ1v) is 19.2. The van der Waals surface area contributed by atoms with Crippen LogP contribution in [0.1, 0.15) is 0 Å². The number of hydrogen-bond acceptors (Lipinski definition) is 5. The first kappa shape index (κ1) is 31.4. The molecule has 0 radical (unpaired) electrons. The topological polar surface area (TPSA) is 46.3 Å². The smallest absolute Gasteiger partial charge is 0.164 e. The van der Waals surface area contributed by atoms with Crippen LogP contribution >= 0.6 is 11.3 Å². The molecule has 0 aliphatic rings. The lowest BCUT2D eigenvalue weighted by Gasteiger charge is -2.25. The average molecular weight is 722 g/mol. The van der Waals surface area contributed by atoms with Gasteiger partial charge in [-0.15, -0.1) is 11.3 Å². The van der Waals surface area contributed by atoms with Crippen LogP contribution in [0.25, 0.3) is 82.7 Å². The van der Waals surface area contributed by atoms with E-state index in [0.717, 1.165) is 39.3 Å². The van der Waals surface area contributed by atoms with E-state index in [1.165, 1.54) is 43.0 Å². The third-order valence-corrected chi connectivity index (χ3v) is 11.3. The van der Waals surface area contributed by atoms with E-state index in [1.54, 1.807) is 11.3 Å². The van der Waals surface area contributed by atoms with Crippen molar-refractivity contribution in [2.24, 2.45) is 0 Å². The van der Waals surface area contributed by atoms with Crippen molar-refractivity contribution in [2.45, 2.75) is 0 Å². The first-order valence-electron chi connectivity index (χ1n) is 18.4. The highest BCUT2D eigenvalue weighted by molar-refractivity contribution is 7.17. The summed E-state index contributed by atoms with van der Waals surface area (Å²) in [6.07, 6.45) is 0. The van der Waals surface area contributed by atoms with E-state index < -0.39 is 0 Å². The van der Waals surface area contributed by atoms with Crippen molar-refractivity contribution in [3.63, 3.8) is 0 Å². The highest BCUT2D eigenvalue weighted by Crippen LogP contribution is 2.43. The van der Waals surface area contributed by atoms with Crippen LogP contribution in [-0.2, 0) is 0 Å². The number of rotatable bonds is 7. The van der Waals surface area contributed by atoms with Gasteiger partial charge < -0.3 is 4.90 Å². The number of anilines is 3. The summed E-state index contributed by atoms with van der Waals surface area (Å²) in [6.45, 7) is 0. The largest absolute Gasteiger partial charge is 0.310 e. The normalized spacial score (nSPS) is 11.6. The van der Waals surface area contributed by atoms with Crippen molar-refractivity contribution in [2.75, 3.05) is 4.90 Å². The van der Waals surface area contributed by atoms with Gasteiger partial charge >= 0.3 is 0 Å². The molecule has 4 heterocycles. The van der Waals surface area contributed by atoms with Crippen LogP contribution in [0, 0.1) is 0 Å². The Morgan fingerprint density at radius 3 is 1.62 bits per heavy atom. The SMILES string of the molecule is c1ccc(-c2nc(-c3cccc(-c4cc5c6ccccc6n6c7sccc7c(c4)c56)c3)nc(-c3cccc(N(c4ccccc4)c4ccccc4)c3)n2)cc1. The summed E-state index contributed by atoms with van der Waals surface area (Å²) >= 11 is 1.80. The van der Waals surface area contributed by atoms with Gasteiger partial charge in [0.25, 0.3) is 0 Å². The molecule has 0 atom stereocenters. The zero-order chi connectivity index (χ0) is 36.3. The molecule has 0 N–H and O–H groups in total. The summed E-state index contributed by atoms with van der Waals surface area (Å²) in [7, 11) is 0. The van der Waals surface area contributed by atoms with Crippen molar-refractivity contribution in [3.8, 4) is 45.3 Å².